The van der Waals surface area contributed by atoms with Crippen LogP contribution in [0.5, 0.6) is 0 Å². The van der Waals surface area contributed by atoms with Crippen LogP contribution >= 0.6 is 0 Å². The molecule has 0 aliphatic carbocycles. The van der Waals surface area contributed by atoms with Crippen molar-refractivity contribution < 1.29 is 13.9 Å². The largest absolute Gasteiger partial charge is 0.472 e. The van der Waals surface area contributed by atoms with Crippen LogP contribution in [-0.2, 0) is 11.2 Å². The summed E-state index contributed by atoms with van der Waals surface area (Å²) >= 11 is 0. The Bertz CT molecular complexity index is 594. The van der Waals surface area contributed by atoms with Crippen LogP contribution < -0.4 is 0 Å². The fourth-order valence-electron chi connectivity index (χ4n) is 3.14. The number of nitrogens with zero attached hydrogens (tertiary/aromatic N) is 1. The van der Waals surface area contributed by atoms with Crippen LogP contribution in [0.25, 0.3) is 0 Å². The molecule has 1 saturated heterocycles. The van der Waals surface area contributed by atoms with Crippen LogP contribution in [0, 0.1) is 0 Å². The first-order chi connectivity index (χ1) is 10.8. The maximum absolute atomic E-state index is 12.7. The van der Waals surface area contributed by atoms with Crippen molar-refractivity contribution in [3.63, 3.8) is 0 Å². The molecule has 22 heavy (non-hydrogen) atoms. The topological polar surface area (TPSA) is 42.7 Å². The summed E-state index contributed by atoms with van der Waals surface area (Å²) in [5.74, 6) is 0.0249. The Morgan fingerprint density at radius 3 is 2.82 bits per heavy atom. The van der Waals surface area contributed by atoms with Crippen molar-refractivity contribution in [1.29, 1.82) is 0 Å². The summed E-state index contributed by atoms with van der Waals surface area (Å²) in [4.78, 5) is 14.6. The van der Waals surface area contributed by atoms with E-state index < -0.39 is 0 Å². The molecule has 116 valence electrons. The second-order valence-electron chi connectivity index (χ2n) is 5.55. The van der Waals surface area contributed by atoms with Crippen molar-refractivity contribution in [3.8, 4) is 0 Å². The van der Waals surface area contributed by atoms with E-state index in [1.54, 1.807) is 6.07 Å². The molecule has 1 aliphatic rings. The molecule has 0 unspecified atom stereocenters. The minimum atomic E-state index is 0.0249. The molecular formula is C18H21NO3. The zero-order valence-electron chi connectivity index (χ0n) is 12.8. The Hall–Kier alpha value is -2.07. The summed E-state index contributed by atoms with van der Waals surface area (Å²) in [6, 6.07) is 12.1. The van der Waals surface area contributed by atoms with Gasteiger partial charge in [-0.2, -0.15) is 0 Å². The van der Waals surface area contributed by atoms with Crippen molar-refractivity contribution in [2.24, 2.45) is 0 Å². The second kappa shape index (κ2) is 6.79. The molecule has 2 heterocycles. The Labute approximate surface area is 130 Å². The van der Waals surface area contributed by atoms with E-state index >= 15 is 0 Å². The summed E-state index contributed by atoms with van der Waals surface area (Å²) < 4.78 is 10.9. The molecule has 1 aromatic heterocycles. The van der Waals surface area contributed by atoms with Gasteiger partial charge in [-0.15, -0.1) is 0 Å². The van der Waals surface area contributed by atoms with E-state index in [4.69, 9.17) is 9.15 Å². The molecule has 3 rings (SSSR count). The van der Waals surface area contributed by atoms with Gasteiger partial charge in [0.15, 0.2) is 0 Å². The van der Waals surface area contributed by atoms with Gasteiger partial charge in [-0.05, 0) is 31.4 Å². The number of benzene rings is 1. The first kappa shape index (κ1) is 14.9. The predicted octanol–water partition coefficient (Wildman–Crippen LogP) is 3.14. The van der Waals surface area contributed by atoms with Gasteiger partial charge in [0, 0.05) is 13.2 Å². The lowest BCUT2D eigenvalue weighted by Crippen LogP contribution is -2.41. The minimum Gasteiger partial charge on any atom is -0.472 e. The van der Waals surface area contributed by atoms with Crippen LogP contribution in [0.15, 0.2) is 53.3 Å². The number of hydrogen-bond donors (Lipinski definition) is 0. The number of hydrogen-bond acceptors (Lipinski definition) is 3. The molecule has 0 N–H and O–H groups in total. The van der Waals surface area contributed by atoms with Gasteiger partial charge in [-0.3, -0.25) is 4.79 Å². The van der Waals surface area contributed by atoms with Gasteiger partial charge in [-0.1, -0.05) is 30.3 Å². The molecule has 0 radical (unpaired) electrons. The second-order valence-corrected chi connectivity index (χ2v) is 5.55. The highest BCUT2D eigenvalue weighted by molar-refractivity contribution is 5.94. The van der Waals surface area contributed by atoms with Gasteiger partial charge in [0.2, 0.25) is 0 Å². The fourth-order valence-corrected chi connectivity index (χ4v) is 3.14. The number of rotatable bonds is 5. The molecule has 2 atom stereocenters. The van der Waals surface area contributed by atoms with Gasteiger partial charge in [0.05, 0.1) is 24.0 Å². The lowest BCUT2D eigenvalue weighted by atomic mass is 10.0. The summed E-state index contributed by atoms with van der Waals surface area (Å²) in [5, 5.41) is 0. The highest BCUT2D eigenvalue weighted by Gasteiger charge is 2.38. The van der Waals surface area contributed by atoms with Crippen LogP contribution in [0.4, 0.5) is 0 Å². The highest BCUT2D eigenvalue weighted by Crippen LogP contribution is 2.26. The van der Waals surface area contributed by atoms with Crippen LogP contribution in [0.2, 0.25) is 0 Å². The maximum atomic E-state index is 12.7. The average molecular weight is 299 g/mol. The molecular weight excluding hydrogens is 278 g/mol. The van der Waals surface area contributed by atoms with Crippen LogP contribution in [-0.4, -0.2) is 36.1 Å². The van der Waals surface area contributed by atoms with E-state index in [0.717, 1.165) is 19.4 Å². The van der Waals surface area contributed by atoms with Crippen molar-refractivity contribution in [2.75, 3.05) is 13.2 Å². The molecule has 4 nitrogen and oxygen atoms in total. The molecule has 2 aromatic rings. The number of furan rings is 1. The smallest absolute Gasteiger partial charge is 0.257 e. The molecule has 1 amide bonds. The molecule has 0 bridgehead atoms. The summed E-state index contributed by atoms with van der Waals surface area (Å²) in [6.45, 7) is 3.40. The highest BCUT2D eigenvalue weighted by atomic mass is 16.5. The molecule has 1 aliphatic heterocycles. The third kappa shape index (κ3) is 3.07. The third-order valence-corrected chi connectivity index (χ3v) is 4.18. The lowest BCUT2D eigenvalue weighted by molar-refractivity contribution is 0.0312. The Morgan fingerprint density at radius 1 is 1.32 bits per heavy atom. The lowest BCUT2D eigenvalue weighted by Gasteiger charge is -2.28. The van der Waals surface area contributed by atoms with Crippen molar-refractivity contribution in [1.82, 2.24) is 4.90 Å². The number of likely N-dealkylation sites (tertiary alicyclic amines) is 1. The van der Waals surface area contributed by atoms with Crippen LogP contribution in [0.3, 0.4) is 0 Å². The average Bonchev–Trinajstić information content (AvgIpc) is 3.19. The molecule has 0 saturated carbocycles. The van der Waals surface area contributed by atoms with E-state index in [1.807, 2.05) is 30.0 Å². The van der Waals surface area contributed by atoms with E-state index in [0.29, 0.717) is 12.2 Å². The first-order valence-electron chi connectivity index (χ1n) is 7.78. The summed E-state index contributed by atoms with van der Waals surface area (Å²) in [5.41, 5.74) is 1.83. The van der Waals surface area contributed by atoms with Gasteiger partial charge in [-0.25, -0.2) is 0 Å². The third-order valence-electron chi connectivity index (χ3n) is 4.18. The number of carbonyl (C=O) groups is 1. The fraction of sp³-hybridized carbons (Fsp3) is 0.389. The monoisotopic (exact) mass is 299 g/mol. The summed E-state index contributed by atoms with van der Waals surface area (Å²) in [7, 11) is 0. The van der Waals surface area contributed by atoms with E-state index in [-0.39, 0.29) is 18.1 Å². The van der Waals surface area contributed by atoms with E-state index in [1.165, 1.54) is 18.1 Å². The predicted molar refractivity (Wildman–Crippen MR) is 83.7 cm³/mol. The molecule has 1 fully saturated rings. The van der Waals surface area contributed by atoms with Gasteiger partial charge < -0.3 is 14.1 Å². The number of amides is 1. The Kier molecular flexibility index (Phi) is 4.59. The van der Waals surface area contributed by atoms with Gasteiger partial charge in [0.25, 0.3) is 5.91 Å². The summed E-state index contributed by atoms with van der Waals surface area (Å²) in [6.07, 6.45) is 4.84. The molecule has 0 spiro atoms. The Balaban J connectivity index is 1.80. The zero-order chi connectivity index (χ0) is 15.4. The number of carbonyl (C=O) groups excluding carboxylic acids is 1. The molecule has 4 heteroatoms. The van der Waals surface area contributed by atoms with Gasteiger partial charge >= 0.3 is 0 Å². The Morgan fingerprint density at radius 2 is 2.14 bits per heavy atom. The quantitative estimate of drug-likeness (QED) is 0.852. The van der Waals surface area contributed by atoms with Gasteiger partial charge in [0.1, 0.15) is 6.26 Å². The van der Waals surface area contributed by atoms with Crippen molar-refractivity contribution in [3.05, 3.63) is 60.1 Å². The maximum Gasteiger partial charge on any atom is 0.257 e. The van der Waals surface area contributed by atoms with Crippen molar-refractivity contribution in [2.45, 2.75) is 31.9 Å². The molecule has 1 aromatic carbocycles. The minimum absolute atomic E-state index is 0.0249. The normalized spacial score (nSPS) is 21.2. The first-order valence-corrected chi connectivity index (χ1v) is 7.78. The van der Waals surface area contributed by atoms with Crippen molar-refractivity contribution >= 4 is 5.91 Å². The van der Waals surface area contributed by atoms with E-state index in [9.17, 15) is 4.79 Å². The standard InChI is InChI=1S/C18H21NO3/c1-2-22-17-8-10-19(18(20)15-9-11-21-13-15)16(17)12-14-6-4-3-5-7-14/h3-7,9,11,13,16-17H,2,8,10,12H2,1H3/t16-,17-/m1/s1. The SMILES string of the molecule is CCO[C@@H]1CCN(C(=O)c2ccoc2)[C@@H]1Cc1ccccc1. The van der Waals surface area contributed by atoms with E-state index in [2.05, 4.69) is 12.1 Å². The zero-order valence-corrected chi connectivity index (χ0v) is 12.8. The number of ether oxygens (including phenoxy) is 1. The van der Waals surface area contributed by atoms with Crippen LogP contribution in [0.1, 0.15) is 29.3 Å².